The van der Waals surface area contributed by atoms with E-state index in [9.17, 15) is 10.1 Å². The van der Waals surface area contributed by atoms with Crippen molar-refractivity contribution >= 4 is 38.0 Å². The van der Waals surface area contributed by atoms with E-state index in [4.69, 9.17) is 28.4 Å². The van der Waals surface area contributed by atoms with Gasteiger partial charge in [-0.15, -0.1) is 0 Å². The predicted molar refractivity (Wildman–Crippen MR) is 430 cm³/mol. The van der Waals surface area contributed by atoms with E-state index in [1.54, 1.807) is 0 Å². The summed E-state index contributed by atoms with van der Waals surface area (Å²) in [4.78, 5) is 14.2. The van der Waals surface area contributed by atoms with Gasteiger partial charge < -0.3 is 28.4 Å². The molecule has 4 aromatic rings. The number of nitrogens with zero attached hydrogens (tertiary/aromatic N) is 1. The second-order valence-corrected chi connectivity index (χ2v) is 30.1. The van der Waals surface area contributed by atoms with E-state index < -0.39 is 0 Å². The molecule has 4 aromatic carbocycles. The SMILES string of the molecule is CCCCCCCCCCCCOc1cc2c3cc(OCCCCCCCCCCCC)c(OCCCCCCCCCCCC)cc3c3c([N+](=O)[O-])c(OCCCCCCCCCCCC)c(OCCCCCCCCCCCC)cc3c2cc1OCCCCCCCCCCCC. The number of hydrogen-bond acceptors (Lipinski definition) is 8. The van der Waals surface area contributed by atoms with Crippen molar-refractivity contribution in [1.29, 1.82) is 0 Å². The molecule has 9 nitrogen and oxygen atoms in total. The molecule has 0 aliphatic carbocycles. The fourth-order valence-corrected chi connectivity index (χ4v) is 14.6. The molecule has 0 fully saturated rings. The molecule has 568 valence electrons. The van der Waals surface area contributed by atoms with Crippen LogP contribution in [0.3, 0.4) is 0 Å². The molecule has 0 aliphatic heterocycles. The van der Waals surface area contributed by atoms with Gasteiger partial charge in [-0.1, -0.05) is 388 Å². The van der Waals surface area contributed by atoms with Gasteiger partial charge in [0.25, 0.3) is 0 Å². The third-order valence-corrected chi connectivity index (χ3v) is 20.9. The van der Waals surface area contributed by atoms with Gasteiger partial charge >= 0.3 is 5.69 Å². The topological polar surface area (TPSA) is 98.5 Å². The Hall–Kier alpha value is -4.14. The summed E-state index contributed by atoms with van der Waals surface area (Å²) in [5, 5.41) is 19.1. The van der Waals surface area contributed by atoms with Crippen molar-refractivity contribution in [2.24, 2.45) is 0 Å². The molecule has 0 spiro atoms. The van der Waals surface area contributed by atoms with Gasteiger partial charge in [-0.3, -0.25) is 10.1 Å². The first-order valence-electron chi connectivity index (χ1n) is 43.4. The Labute approximate surface area is 609 Å². The largest absolute Gasteiger partial charge is 0.490 e. The molecule has 4 rings (SSSR count). The van der Waals surface area contributed by atoms with Gasteiger partial charge in [-0.25, -0.2) is 0 Å². The summed E-state index contributed by atoms with van der Waals surface area (Å²) < 4.78 is 41.5. The zero-order valence-electron chi connectivity index (χ0n) is 65.8. The van der Waals surface area contributed by atoms with Crippen molar-refractivity contribution < 1.29 is 33.3 Å². The van der Waals surface area contributed by atoms with Crippen molar-refractivity contribution in [3.05, 3.63) is 40.4 Å². The molecule has 0 N–H and O–H groups in total. The third-order valence-electron chi connectivity index (χ3n) is 20.9. The maximum Gasteiger partial charge on any atom is 0.323 e. The summed E-state index contributed by atoms with van der Waals surface area (Å²) >= 11 is 0. The first-order chi connectivity index (χ1) is 48.9. The van der Waals surface area contributed by atoms with E-state index in [1.165, 1.54) is 295 Å². The number of unbranched alkanes of at least 4 members (excludes halogenated alkanes) is 54. The number of benzene rings is 4. The Balaban J connectivity index is 1.87. The summed E-state index contributed by atoms with van der Waals surface area (Å²) in [5.41, 5.74) is -0.0432. The molecule has 0 heterocycles. The van der Waals surface area contributed by atoms with Crippen molar-refractivity contribution in [2.45, 2.75) is 427 Å². The van der Waals surface area contributed by atoms with Crippen LogP contribution in [0.25, 0.3) is 32.3 Å². The van der Waals surface area contributed by atoms with Crippen LogP contribution in [0.2, 0.25) is 0 Å². The predicted octanol–water partition coefficient (Wildman–Crippen LogP) is 30.9. The Morgan fingerprint density at radius 3 is 0.596 bits per heavy atom. The van der Waals surface area contributed by atoms with Gasteiger partial charge in [0.1, 0.15) is 0 Å². The maximum atomic E-state index is 14.4. The van der Waals surface area contributed by atoms with Gasteiger partial charge in [-0.05, 0) is 85.0 Å². The van der Waals surface area contributed by atoms with E-state index in [0.29, 0.717) is 68.0 Å². The molecule has 0 aliphatic rings. The first-order valence-corrected chi connectivity index (χ1v) is 43.4. The van der Waals surface area contributed by atoms with Gasteiger partial charge in [-0.2, -0.15) is 0 Å². The second kappa shape index (κ2) is 61.3. The van der Waals surface area contributed by atoms with Gasteiger partial charge in [0.05, 0.1) is 50.0 Å². The smallest absolute Gasteiger partial charge is 0.323 e. The Kier molecular flexibility index (Phi) is 54.1. The van der Waals surface area contributed by atoms with Crippen LogP contribution < -0.4 is 28.4 Å². The van der Waals surface area contributed by atoms with Gasteiger partial charge in [0, 0.05) is 10.8 Å². The minimum Gasteiger partial charge on any atom is -0.490 e. The lowest BCUT2D eigenvalue weighted by molar-refractivity contribution is -0.384. The van der Waals surface area contributed by atoms with E-state index in [0.717, 1.165) is 123 Å². The van der Waals surface area contributed by atoms with Gasteiger partial charge in [0.15, 0.2) is 28.7 Å². The summed E-state index contributed by atoms with van der Waals surface area (Å²) in [7, 11) is 0. The normalized spacial score (nSPS) is 11.7. The summed E-state index contributed by atoms with van der Waals surface area (Å²) in [6, 6.07) is 10.6. The molecule has 0 atom stereocenters. The zero-order chi connectivity index (χ0) is 70.5. The molecular weight excluding hydrogens is 1220 g/mol. The van der Waals surface area contributed by atoms with Gasteiger partial charge in [0.2, 0.25) is 5.75 Å². The van der Waals surface area contributed by atoms with Crippen molar-refractivity contribution in [1.82, 2.24) is 0 Å². The quantitative estimate of drug-likeness (QED) is 0.0187. The molecule has 99 heavy (non-hydrogen) atoms. The molecule has 0 bridgehead atoms. The number of hydrogen-bond donors (Lipinski definition) is 0. The highest BCUT2D eigenvalue weighted by Crippen LogP contribution is 2.52. The Bertz CT molecular complexity index is 2490. The summed E-state index contributed by atoms with van der Waals surface area (Å²) in [6.45, 7) is 16.8. The zero-order valence-corrected chi connectivity index (χ0v) is 65.8. The molecule has 9 heteroatoms. The second-order valence-electron chi connectivity index (χ2n) is 30.1. The highest BCUT2D eigenvalue weighted by molar-refractivity contribution is 6.29. The number of nitro benzene ring substituents is 1. The van der Waals surface area contributed by atoms with Crippen molar-refractivity contribution in [3.63, 3.8) is 0 Å². The molecule has 0 radical (unpaired) electrons. The Morgan fingerprint density at radius 1 is 0.222 bits per heavy atom. The fourth-order valence-electron chi connectivity index (χ4n) is 14.6. The van der Waals surface area contributed by atoms with Crippen LogP contribution in [0.5, 0.6) is 34.5 Å². The minimum absolute atomic E-state index is 0.0432. The molecular formula is C90H155NO8. The van der Waals surface area contributed by atoms with E-state index >= 15 is 0 Å². The number of rotatable bonds is 73. The van der Waals surface area contributed by atoms with Crippen LogP contribution in [0, 0.1) is 10.1 Å². The first kappa shape index (κ1) is 87.3. The lowest BCUT2D eigenvalue weighted by Gasteiger charge is -2.21. The van der Waals surface area contributed by atoms with Crippen LogP contribution >= 0.6 is 0 Å². The molecule has 0 amide bonds. The maximum absolute atomic E-state index is 14.4. The monoisotopic (exact) mass is 1380 g/mol. The highest BCUT2D eigenvalue weighted by atomic mass is 16.6. The number of fused-ring (bicyclic) bond motifs is 6. The van der Waals surface area contributed by atoms with Crippen LogP contribution in [-0.4, -0.2) is 44.6 Å². The average molecular weight is 1380 g/mol. The fraction of sp³-hybridized carbons (Fsp3) is 0.800. The molecule has 0 saturated carbocycles. The molecule has 0 saturated heterocycles. The average Bonchev–Trinajstić information content (AvgIpc) is 0.717. The lowest BCUT2D eigenvalue weighted by Crippen LogP contribution is -2.07. The number of nitro groups is 1. The van der Waals surface area contributed by atoms with E-state index in [-0.39, 0.29) is 16.4 Å². The van der Waals surface area contributed by atoms with Crippen LogP contribution in [0.4, 0.5) is 5.69 Å². The molecule has 0 aromatic heterocycles. The van der Waals surface area contributed by atoms with Crippen LogP contribution in [0.1, 0.15) is 427 Å². The lowest BCUT2D eigenvalue weighted by atomic mass is 9.92. The standard InChI is InChI=1S/C90H155NO8/c1-7-13-19-25-31-37-43-49-55-61-67-94-83-73-78-79-74-85(96-69-63-57-51-45-39-33-27-21-15-9-3)86(97-70-64-58-52-46-40-34-28-22-16-10-4)76-81(79)88-82(80(78)75-84(83)95-68-62-56-50-44-38-32-26-20-14-8-2)77-87(98-71-65-59-53-47-41-35-29-23-17-11-5)90(89(88)91(92)93)99-72-66-60-54-48-42-36-30-24-18-12-6/h73-77H,7-72H2,1-6H3. The van der Waals surface area contributed by atoms with E-state index in [2.05, 4.69) is 71.9 Å². The Morgan fingerprint density at radius 2 is 0.384 bits per heavy atom. The van der Waals surface area contributed by atoms with Crippen LogP contribution in [-0.2, 0) is 0 Å². The van der Waals surface area contributed by atoms with Crippen LogP contribution in [0.15, 0.2) is 30.3 Å². The van der Waals surface area contributed by atoms with Crippen molar-refractivity contribution in [3.8, 4) is 34.5 Å². The minimum atomic E-state index is -0.193. The third kappa shape index (κ3) is 39.4. The number of ether oxygens (including phenoxy) is 6. The molecule has 0 unspecified atom stereocenters. The summed E-state index contributed by atoms with van der Waals surface area (Å²) in [5.74, 6) is 3.43. The van der Waals surface area contributed by atoms with Crippen molar-refractivity contribution in [2.75, 3.05) is 39.6 Å². The highest BCUT2D eigenvalue weighted by Gasteiger charge is 2.31. The summed E-state index contributed by atoms with van der Waals surface area (Å²) in [6.07, 6.45) is 74.0. The van der Waals surface area contributed by atoms with E-state index in [1.807, 2.05) is 0 Å².